The van der Waals surface area contributed by atoms with Gasteiger partial charge in [-0.25, -0.2) is 4.39 Å². The van der Waals surface area contributed by atoms with Crippen LogP contribution in [0.2, 0.25) is 0 Å². The Morgan fingerprint density at radius 3 is 2.47 bits per heavy atom. The second kappa shape index (κ2) is 9.29. The third-order valence-electron chi connectivity index (χ3n) is 6.45. The molecule has 5 rings (SSSR count). The zero-order valence-corrected chi connectivity index (χ0v) is 19.1. The maximum absolute atomic E-state index is 13.6. The molecule has 1 fully saturated rings. The van der Waals surface area contributed by atoms with Crippen LogP contribution < -0.4 is 10.1 Å². The van der Waals surface area contributed by atoms with E-state index in [2.05, 4.69) is 5.32 Å². The molecule has 3 aromatic carbocycles. The van der Waals surface area contributed by atoms with Crippen LogP contribution in [-0.4, -0.2) is 29.9 Å². The van der Waals surface area contributed by atoms with Crippen LogP contribution in [0.25, 0.3) is 0 Å². The molecule has 1 heterocycles. The third-order valence-corrected chi connectivity index (χ3v) is 6.45. The van der Waals surface area contributed by atoms with Crippen LogP contribution in [0.1, 0.15) is 41.1 Å². The Bertz CT molecular complexity index is 1200. The molecule has 6 heteroatoms. The lowest BCUT2D eigenvalue weighted by molar-refractivity contribution is -0.134. The number of hydrogen-bond donors (Lipinski definition) is 1. The highest BCUT2D eigenvalue weighted by Gasteiger charge is 2.39. The Balaban J connectivity index is 1.37. The van der Waals surface area contributed by atoms with Gasteiger partial charge in [-0.05, 0) is 79.3 Å². The highest BCUT2D eigenvalue weighted by atomic mass is 19.1. The van der Waals surface area contributed by atoms with Gasteiger partial charge in [-0.1, -0.05) is 35.9 Å². The van der Waals surface area contributed by atoms with Crippen molar-refractivity contribution in [1.82, 2.24) is 4.90 Å². The summed E-state index contributed by atoms with van der Waals surface area (Å²) in [4.78, 5) is 27.4. The molecule has 1 atom stereocenters. The Kier molecular flexibility index (Phi) is 6.05. The maximum Gasteiger partial charge on any atom is 0.262 e. The van der Waals surface area contributed by atoms with Gasteiger partial charge in [0.1, 0.15) is 11.6 Å². The summed E-state index contributed by atoms with van der Waals surface area (Å²) in [5.74, 6) is 0.252. The summed E-state index contributed by atoms with van der Waals surface area (Å²) in [5.41, 5.74) is 4.79. The van der Waals surface area contributed by atoms with Crippen LogP contribution in [0.3, 0.4) is 0 Å². The molecule has 2 aliphatic rings. The van der Waals surface area contributed by atoms with E-state index in [4.69, 9.17) is 4.74 Å². The quantitative estimate of drug-likeness (QED) is 0.563. The summed E-state index contributed by atoms with van der Waals surface area (Å²) in [5, 5.41) is 2.83. The smallest absolute Gasteiger partial charge is 0.262 e. The predicted octanol–water partition coefficient (Wildman–Crippen LogP) is 5.04. The first kappa shape index (κ1) is 22.1. The standard InChI is InChI=1S/C28H27FN2O3/c1-18-2-11-23(12-3-18)30-26(32)17-34-24-13-8-19-14-15-31(28(33)21-4-5-21)27(25(19)16-24)20-6-9-22(29)10-7-20/h2-3,6-13,16,21,27H,4-5,14-15,17H2,1H3,(H,30,32)/t27-/m1/s1. The van der Waals surface area contributed by atoms with E-state index in [9.17, 15) is 14.0 Å². The first-order valence-corrected chi connectivity index (χ1v) is 11.7. The molecule has 0 spiro atoms. The molecule has 34 heavy (non-hydrogen) atoms. The lowest BCUT2D eigenvalue weighted by atomic mass is 9.87. The first-order chi connectivity index (χ1) is 16.5. The number of fused-ring (bicyclic) bond motifs is 1. The van der Waals surface area contributed by atoms with E-state index < -0.39 is 0 Å². The molecule has 1 saturated carbocycles. The molecule has 1 aliphatic heterocycles. The molecule has 0 saturated heterocycles. The fraction of sp³-hybridized carbons (Fsp3) is 0.286. The molecule has 3 aromatic rings. The van der Waals surface area contributed by atoms with Crippen molar-refractivity contribution in [3.63, 3.8) is 0 Å². The lowest BCUT2D eigenvalue weighted by Gasteiger charge is -2.38. The van der Waals surface area contributed by atoms with Crippen molar-refractivity contribution >= 4 is 17.5 Å². The minimum absolute atomic E-state index is 0.0920. The summed E-state index contributed by atoms with van der Waals surface area (Å²) in [7, 11) is 0. The van der Waals surface area contributed by atoms with E-state index >= 15 is 0 Å². The minimum atomic E-state index is -0.309. The summed E-state index contributed by atoms with van der Waals surface area (Å²) in [6, 6.07) is 19.4. The normalized spacial score (nSPS) is 17.1. The van der Waals surface area contributed by atoms with Gasteiger partial charge in [0.2, 0.25) is 5.91 Å². The van der Waals surface area contributed by atoms with E-state index in [0.717, 1.165) is 47.2 Å². The fourth-order valence-electron chi connectivity index (χ4n) is 4.47. The SMILES string of the molecule is Cc1ccc(NC(=O)COc2ccc3c(c2)[C@@H](c2ccc(F)cc2)N(C(=O)C2CC2)CC3)cc1. The summed E-state index contributed by atoms with van der Waals surface area (Å²) < 4.78 is 19.4. The van der Waals surface area contributed by atoms with Gasteiger partial charge < -0.3 is 15.0 Å². The highest BCUT2D eigenvalue weighted by molar-refractivity contribution is 5.91. The number of amides is 2. The minimum Gasteiger partial charge on any atom is -0.484 e. The van der Waals surface area contributed by atoms with Crippen molar-refractivity contribution in [3.8, 4) is 5.75 Å². The molecule has 1 aliphatic carbocycles. The number of benzene rings is 3. The average Bonchev–Trinajstić information content (AvgIpc) is 3.69. The number of carbonyl (C=O) groups is 2. The van der Waals surface area contributed by atoms with Crippen molar-refractivity contribution in [3.05, 3.63) is 94.8 Å². The van der Waals surface area contributed by atoms with Crippen LogP contribution in [0.4, 0.5) is 10.1 Å². The second-order valence-corrected chi connectivity index (χ2v) is 9.07. The predicted molar refractivity (Wildman–Crippen MR) is 128 cm³/mol. The van der Waals surface area contributed by atoms with Crippen molar-refractivity contribution in [2.24, 2.45) is 5.92 Å². The molecule has 5 nitrogen and oxygen atoms in total. The number of aryl methyl sites for hydroxylation is 1. The van der Waals surface area contributed by atoms with E-state index in [1.54, 1.807) is 12.1 Å². The largest absolute Gasteiger partial charge is 0.484 e. The molecule has 0 radical (unpaired) electrons. The number of rotatable bonds is 6. The maximum atomic E-state index is 13.6. The average molecular weight is 459 g/mol. The fourth-order valence-corrected chi connectivity index (χ4v) is 4.47. The van der Waals surface area contributed by atoms with E-state index in [-0.39, 0.29) is 36.2 Å². The van der Waals surface area contributed by atoms with Crippen LogP contribution in [0.5, 0.6) is 5.75 Å². The monoisotopic (exact) mass is 458 g/mol. The summed E-state index contributed by atoms with van der Waals surface area (Å²) >= 11 is 0. The lowest BCUT2D eigenvalue weighted by Crippen LogP contribution is -2.41. The van der Waals surface area contributed by atoms with Crippen molar-refractivity contribution in [2.45, 2.75) is 32.2 Å². The number of ether oxygens (including phenoxy) is 1. The molecule has 0 aromatic heterocycles. The van der Waals surface area contributed by atoms with Gasteiger partial charge in [0.15, 0.2) is 6.61 Å². The number of anilines is 1. The van der Waals surface area contributed by atoms with Crippen LogP contribution in [-0.2, 0) is 16.0 Å². The van der Waals surface area contributed by atoms with Gasteiger partial charge in [0.25, 0.3) is 5.91 Å². The van der Waals surface area contributed by atoms with Crippen molar-refractivity contribution < 1.29 is 18.7 Å². The molecule has 174 valence electrons. The molecule has 0 bridgehead atoms. The van der Waals surface area contributed by atoms with Gasteiger partial charge in [-0.15, -0.1) is 0 Å². The van der Waals surface area contributed by atoms with E-state index in [1.807, 2.05) is 54.3 Å². The highest BCUT2D eigenvalue weighted by Crippen LogP contribution is 2.41. The molecule has 0 unspecified atom stereocenters. The molecular formula is C28H27FN2O3. The van der Waals surface area contributed by atoms with Gasteiger partial charge in [0.05, 0.1) is 6.04 Å². The molecule has 1 N–H and O–H groups in total. The number of halogens is 1. The van der Waals surface area contributed by atoms with Crippen molar-refractivity contribution in [1.29, 1.82) is 0 Å². The van der Waals surface area contributed by atoms with E-state index in [1.165, 1.54) is 12.1 Å². The van der Waals surface area contributed by atoms with E-state index in [0.29, 0.717) is 12.3 Å². The molecule has 2 amide bonds. The second-order valence-electron chi connectivity index (χ2n) is 9.07. The van der Waals surface area contributed by atoms with Gasteiger partial charge in [-0.3, -0.25) is 9.59 Å². The van der Waals surface area contributed by atoms with Gasteiger partial charge in [0, 0.05) is 18.2 Å². The van der Waals surface area contributed by atoms with Crippen LogP contribution in [0.15, 0.2) is 66.7 Å². The zero-order chi connectivity index (χ0) is 23.7. The van der Waals surface area contributed by atoms with Crippen molar-refractivity contribution in [2.75, 3.05) is 18.5 Å². The summed E-state index contributed by atoms with van der Waals surface area (Å²) in [6.45, 7) is 2.49. The topological polar surface area (TPSA) is 58.6 Å². The summed E-state index contributed by atoms with van der Waals surface area (Å²) in [6.07, 6.45) is 2.61. The van der Waals surface area contributed by atoms with Gasteiger partial charge >= 0.3 is 0 Å². The first-order valence-electron chi connectivity index (χ1n) is 11.7. The Morgan fingerprint density at radius 1 is 1.03 bits per heavy atom. The number of nitrogens with one attached hydrogen (secondary N) is 1. The third kappa shape index (κ3) is 4.81. The Morgan fingerprint density at radius 2 is 1.76 bits per heavy atom. The Labute approximate surface area is 198 Å². The molecular weight excluding hydrogens is 431 g/mol. The number of carbonyl (C=O) groups excluding carboxylic acids is 2. The van der Waals surface area contributed by atoms with Gasteiger partial charge in [-0.2, -0.15) is 0 Å². The zero-order valence-electron chi connectivity index (χ0n) is 19.1. The number of nitrogens with zero attached hydrogens (tertiary/aromatic N) is 1. The van der Waals surface area contributed by atoms with Crippen LogP contribution in [0, 0.1) is 18.7 Å². The number of hydrogen-bond acceptors (Lipinski definition) is 3. The Hall–Kier alpha value is -3.67. The van der Waals surface area contributed by atoms with Crippen LogP contribution >= 0.6 is 0 Å².